The van der Waals surface area contributed by atoms with E-state index in [1.54, 1.807) is 11.9 Å². The average Bonchev–Trinajstić information content (AvgIpc) is 3.26. The lowest BCUT2D eigenvalue weighted by molar-refractivity contribution is 0.0717. The standard InChI is InChI=1S/C21H27NO4S2/c1-22(15-11-12-28(24,25)14-15)21(23)20-18(13-27-16-7-3-2-4-8-16)17-9-5-6-10-19(17)26-20/h5-6,9-10,15-16H,2-4,7-8,11-14H2,1H3/t15-/m0/s1. The zero-order chi connectivity index (χ0) is 19.7. The molecule has 1 saturated heterocycles. The van der Waals surface area contributed by atoms with E-state index < -0.39 is 9.84 Å². The van der Waals surface area contributed by atoms with Gasteiger partial charge >= 0.3 is 0 Å². The van der Waals surface area contributed by atoms with Gasteiger partial charge in [0.2, 0.25) is 0 Å². The van der Waals surface area contributed by atoms with Crippen molar-refractivity contribution in [2.24, 2.45) is 0 Å². The molecule has 1 saturated carbocycles. The third kappa shape index (κ3) is 4.10. The molecule has 4 rings (SSSR count). The second kappa shape index (κ2) is 8.11. The molecule has 7 heteroatoms. The van der Waals surface area contributed by atoms with Crippen LogP contribution in [0, 0.1) is 0 Å². The first-order valence-electron chi connectivity index (χ1n) is 10.0. The van der Waals surface area contributed by atoms with Gasteiger partial charge in [-0.15, -0.1) is 0 Å². The maximum Gasteiger partial charge on any atom is 0.289 e. The van der Waals surface area contributed by atoms with Gasteiger partial charge in [-0.25, -0.2) is 8.42 Å². The van der Waals surface area contributed by atoms with Crippen LogP contribution in [0.4, 0.5) is 0 Å². The molecule has 2 heterocycles. The minimum Gasteiger partial charge on any atom is -0.451 e. The molecule has 28 heavy (non-hydrogen) atoms. The zero-order valence-corrected chi connectivity index (χ0v) is 17.9. The summed E-state index contributed by atoms with van der Waals surface area (Å²) in [5.74, 6) is 1.11. The molecule has 5 nitrogen and oxygen atoms in total. The van der Waals surface area contributed by atoms with E-state index in [2.05, 4.69) is 0 Å². The summed E-state index contributed by atoms with van der Waals surface area (Å²) in [6, 6.07) is 7.50. The van der Waals surface area contributed by atoms with Gasteiger partial charge in [-0.3, -0.25) is 4.79 Å². The summed E-state index contributed by atoms with van der Waals surface area (Å²) in [4.78, 5) is 14.8. The molecule has 1 aromatic carbocycles. The summed E-state index contributed by atoms with van der Waals surface area (Å²) in [6.07, 6.45) is 6.87. The van der Waals surface area contributed by atoms with E-state index in [0.29, 0.717) is 17.4 Å². The number of nitrogens with zero attached hydrogens (tertiary/aromatic N) is 1. The number of amides is 1. The number of sulfone groups is 1. The summed E-state index contributed by atoms with van der Waals surface area (Å²) >= 11 is 1.92. The summed E-state index contributed by atoms with van der Waals surface area (Å²) < 4.78 is 29.6. The highest BCUT2D eigenvalue weighted by Crippen LogP contribution is 2.35. The molecule has 1 atom stereocenters. The lowest BCUT2D eigenvalue weighted by Gasteiger charge is -2.23. The Labute approximate surface area is 170 Å². The van der Waals surface area contributed by atoms with Gasteiger partial charge in [0.25, 0.3) is 5.91 Å². The van der Waals surface area contributed by atoms with Gasteiger partial charge in [-0.05, 0) is 25.3 Å². The number of carbonyl (C=O) groups excluding carboxylic acids is 1. The Kier molecular flexibility index (Phi) is 5.74. The van der Waals surface area contributed by atoms with E-state index in [9.17, 15) is 13.2 Å². The van der Waals surface area contributed by atoms with Gasteiger partial charge in [-0.2, -0.15) is 11.8 Å². The molecule has 1 aliphatic heterocycles. The van der Waals surface area contributed by atoms with E-state index in [1.807, 2.05) is 36.0 Å². The quantitative estimate of drug-likeness (QED) is 0.722. The number of para-hydroxylation sites is 1. The van der Waals surface area contributed by atoms with E-state index in [1.165, 1.54) is 32.1 Å². The van der Waals surface area contributed by atoms with E-state index in [-0.39, 0.29) is 23.5 Å². The maximum atomic E-state index is 13.2. The first kappa shape index (κ1) is 19.8. The van der Waals surface area contributed by atoms with Crippen LogP contribution in [0.5, 0.6) is 0 Å². The summed E-state index contributed by atoms with van der Waals surface area (Å²) in [6.45, 7) is 0. The van der Waals surface area contributed by atoms with Crippen molar-refractivity contribution in [3.8, 4) is 0 Å². The fourth-order valence-electron chi connectivity index (χ4n) is 4.25. The Morgan fingerprint density at radius 2 is 1.93 bits per heavy atom. The average molecular weight is 422 g/mol. The van der Waals surface area contributed by atoms with E-state index >= 15 is 0 Å². The molecule has 0 bridgehead atoms. The lowest BCUT2D eigenvalue weighted by atomic mass is 10.0. The first-order chi connectivity index (χ1) is 13.4. The number of fused-ring (bicyclic) bond motifs is 1. The number of hydrogen-bond donors (Lipinski definition) is 0. The molecule has 0 spiro atoms. The summed E-state index contributed by atoms with van der Waals surface area (Å²) in [5.41, 5.74) is 1.67. The normalized spacial score (nSPS) is 22.5. The number of thioether (sulfide) groups is 1. The van der Waals surface area contributed by atoms with Crippen LogP contribution < -0.4 is 0 Å². The van der Waals surface area contributed by atoms with E-state index in [0.717, 1.165) is 22.3 Å². The van der Waals surface area contributed by atoms with Gasteiger partial charge in [0.15, 0.2) is 15.6 Å². The van der Waals surface area contributed by atoms with Crippen LogP contribution in [0.1, 0.15) is 54.6 Å². The molecule has 1 aliphatic carbocycles. The fourth-order valence-corrected chi connectivity index (χ4v) is 7.38. The van der Waals surface area contributed by atoms with Crippen molar-refractivity contribution < 1.29 is 17.6 Å². The van der Waals surface area contributed by atoms with Crippen LogP contribution in [0.15, 0.2) is 28.7 Å². The van der Waals surface area contributed by atoms with Crippen LogP contribution in [0.25, 0.3) is 11.0 Å². The van der Waals surface area contributed by atoms with Crippen LogP contribution in [-0.2, 0) is 15.6 Å². The Hall–Kier alpha value is -1.47. The molecule has 0 N–H and O–H groups in total. The van der Waals surface area contributed by atoms with Crippen LogP contribution in [0.2, 0.25) is 0 Å². The van der Waals surface area contributed by atoms with Crippen LogP contribution >= 0.6 is 11.8 Å². The van der Waals surface area contributed by atoms with Crippen molar-refractivity contribution in [3.05, 3.63) is 35.6 Å². The Bertz CT molecular complexity index is 960. The van der Waals surface area contributed by atoms with Crippen molar-refractivity contribution in [3.63, 3.8) is 0 Å². The molecule has 0 unspecified atom stereocenters. The highest BCUT2D eigenvalue weighted by atomic mass is 32.2. The van der Waals surface area contributed by atoms with Crippen molar-refractivity contribution >= 4 is 38.5 Å². The topological polar surface area (TPSA) is 67.6 Å². The number of furan rings is 1. The van der Waals surface area contributed by atoms with E-state index in [4.69, 9.17) is 4.42 Å². The zero-order valence-electron chi connectivity index (χ0n) is 16.2. The van der Waals surface area contributed by atoms with Crippen molar-refractivity contribution in [1.29, 1.82) is 0 Å². The predicted molar refractivity (Wildman–Crippen MR) is 114 cm³/mol. The van der Waals surface area contributed by atoms with Crippen LogP contribution in [-0.4, -0.2) is 49.1 Å². The molecule has 0 radical (unpaired) electrons. The van der Waals surface area contributed by atoms with Gasteiger partial charge in [0.05, 0.1) is 11.5 Å². The first-order valence-corrected chi connectivity index (χ1v) is 12.9. The van der Waals surface area contributed by atoms with Crippen LogP contribution in [0.3, 0.4) is 0 Å². The third-order valence-corrected chi connectivity index (χ3v) is 9.13. The smallest absolute Gasteiger partial charge is 0.289 e. The maximum absolute atomic E-state index is 13.2. The minimum atomic E-state index is -3.04. The lowest BCUT2D eigenvalue weighted by Crippen LogP contribution is -2.38. The van der Waals surface area contributed by atoms with Gasteiger partial charge in [0, 0.05) is 35.0 Å². The van der Waals surface area contributed by atoms with Crippen molar-refractivity contribution in [1.82, 2.24) is 4.90 Å². The molecule has 1 amide bonds. The predicted octanol–water partition coefficient (Wildman–Crippen LogP) is 4.26. The highest BCUT2D eigenvalue weighted by molar-refractivity contribution is 7.99. The molecule has 2 aliphatic rings. The molecule has 152 valence electrons. The SMILES string of the molecule is CN(C(=O)c1oc2ccccc2c1CSC1CCCCC1)[C@H]1CCS(=O)(=O)C1. The third-order valence-electron chi connectivity index (χ3n) is 5.98. The minimum absolute atomic E-state index is 0.0433. The molecule has 1 aromatic heterocycles. The summed E-state index contributed by atoms with van der Waals surface area (Å²) in [7, 11) is -1.35. The van der Waals surface area contributed by atoms with Crippen molar-refractivity contribution in [2.45, 2.75) is 55.6 Å². The monoisotopic (exact) mass is 421 g/mol. The molecular weight excluding hydrogens is 394 g/mol. The summed E-state index contributed by atoms with van der Waals surface area (Å²) in [5, 5.41) is 1.63. The van der Waals surface area contributed by atoms with Gasteiger partial charge in [0.1, 0.15) is 5.58 Å². The second-order valence-corrected chi connectivity index (χ2v) is 11.5. The van der Waals surface area contributed by atoms with Crippen molar-refractivity contribution in [2.75, 3.05) is 18.6 Å². The number of rotatable bonds is 5. The fraction of sp³-hybridized carbons (Fsp3) is 0.571. The highest BCUT2D eigenvalue weighted by Gasteiger charge is 2.35. The second-order valence-electron chi connectivity index (χ2n) is 7.95. The van der Waals surface area contributed by atoms with Gasteiger partial charge < -0.3 is 9.32 Å². The molecule has 2 fully saturated rings. The molecular formula is C21H27NO4S2. The number of carbonyl (C=O) groups is 1. The largest absolute Gasteiger partial charge is 0.451 e. The Morgan fingerprint density at radius 3 is 2.64 bits per heavy atom. The Morgan fingerprint density at radius 1 is 1.18 bits per heavy atom. The van der Waals surface area contributed by atoms with Gasteiger partial charge in [-0.1, -0.05) is 37.5 Å². The number of benzene rings is 1. The number of hydrogen-bond acceptors (Lipinski definition) is 5. The Balaban J connectivity index is 1.59. The molecule has 2 aromatic rings.